The molecule has 10 unspecified atom stereocenters. The maximum atomic E-state index is 14.3. The summed E-state index contributed by atoms with van der Waals surface area (Å²) < 4.78 is 49.1. The molecule has 36 heteroatoms. The van der Waals surface area contributed by atoms with Crippen molar-refractivity contribution < 1.29 is 109 Å². The van der Waals surface area contributed by atoms with Crippen molar-refractivity contribution in [3.63, 3.8) is 0 Å². The maximum Gasteiger partial charge on any atom is 0.314 e. The standard InChI is InChI=1S/C45H72O22.14H2S/c1-19-13-44-10-6-25-41(2,8-5-9-42(25,3)40(59)63-27-12-20(50)28(51)21(14-46)60-27)26(44)7-11-45(19,18-44)67-39-36(66-43(4)37(58)33(56)30(53)24(17-49)65-43)35(31(54)23(16-48)62-39)64-38-34(57)32(55)29(52)22(15-47)61-38;;;;;;;;;;;;;;/h20-39,46-58H,1,5-18H2,2-4H3;14*1H2/t20-,21-,22?,23?,24?,25+,26+,27+,28?,29-,30-,31-,32?,33?,34-,35?,36-,37-,38+,39+,41?,42?,43+,44-,45?;;;;;;;;;;;;;;/m1............../s1. The quantitative estimate of drug-likeness (QED) is 0.0565. The molecule has 4 aliphatic heterocycles. The summed E-state index contributed by atoms with van der Waals surface area (Å²) in [7, 11) is 0. The molecule has 0 aromatic carbocycles. The van der Waals surface area contributed by atoms with Gasteiger partial charge in [0.1, 0.15) is 85.5 Å². The molecular formula is C45H100O22S14. The number of ether oxygens (including phenoxy) is 8. The third kappa shape index (κ3) is 17.9. The zero-order valence-corrected chi connectivity index (χ0v) is 59.1. The largest absolute Gasteiger partial charge is 0.435 e. The van der Waals surface area contributed by atoms with Crippen molar-refractivity contribution in [3.8, 4) is 0 Å². The molecule has 0 aromatic rings. The zero-order chi connectivity index (χ0) is 48.8. The van der Waals surface area contributed by atoms with Gasteiger partial charge in [0.15, 0.2) is 18.4 Å². The second-order valence-corrected chi connectivity index (χ2v) is 21.3. The van der Waals surface area contributed by atoms with E-state index in [9.17, 15) is 71.2 Å². The van der Waals surface area contributed by atoms with Gasteiger partial charge < -0.3 is 104 Å². The first-order chi connectivity index (χ1) is 31.6. The van der Waals surface area contributed by atoms with Crippen LogP contribution < -0.4 is 0 Å². The molecule has 1 spiro atoms. The summed E-state index contributed by atoms with van der Waals surface area (Å²) in [6.45, 7) is 6.91. The molecule has 4 aliphatic carbocycles. The SMILES string of the molecule is C=C1C[C@@]23CC[C@@H]4C(C)(C(=O)O[C@H]5C[C@@H](O)C(O)[C@@H](CO)O5)CCCC4(C)[C@@H]2CCC1(O[C@@H]1OC(CO)[C@@H](O)C(O[C@@H]2OC(CO)[C@@H](O)C(O)[C@H]2O)[C@H]1O[C@]1(C)OC(CO)[C@@H](O)C(O)[C@H]1O)C3.S.S.S.S.S.S.S.S.S.S.S.S.S.S. The summed E-state index contributed by atoms with van der Waals surface area (Å²) in [5, 5.41) is 138. The molecule has 8 aliphatic rings. The van der Waals surface area contributed by atoms with Gasteiger partial charge in [-0.25, -0.2) is 0 Å². The number of esters is 1. The lowest BCUT2D eigenvalue weighted by Crippen LogP contribution is -2.70. The van der Waals surface area contributed by atoms with Crippen LogP contribution in [0.4, 0.5) is 0 Å². The van der Waals surface area contributed by atoms with E-state index in [1.807, 2.05) is 6.92 Å². The second-order valence-electron chi connectivity index (χ2n) is 21.3. The van der Waals surface area contributed by atoms with Crippen LogP contribution in [0.2, 0.25) is 0 Å². The smallest absolute Gasteiger partial charge is 0.314 e. The first-order valence-electron chi connectivity index (χ1n) is 23.7. The van der Waals surface area contributed by atoms with E-state index in [1.165, 1.54) is 6.92 Å². The van der Waals surface area contributed by atoms with E-state index in [4.69, 9.17) is 37.9 Å². The summed E-state index contributed by atoms with van der Waals surface area (Å²) in [5.74, 6) is -2.80. The number of hydrogen-bond acceptors (Lipinski definition) is 22. The van der Waals surface area contributed by atoms with Crippen molar-refractivity contribution in [1.29, 1.82) is 0 Å². The van der Waals surface area contributed by atoms with Gasteiger partial charge in [-0.3, -0.25) is 4.79 Å². The predicted molar refractivity (Wildman–Crippen MR) is 368 cm³/mol. The Kier molecular flexibility index (Phi) is 46.4. The first kappa shape index (κ1) is 97.9. The average Bonchev–Trinajstić information content (AvgIpc) is 3.49. The number of carbonyl (C=O) groups is 1. The number of aliphatic hydroxyl groups is 13. The van der Waals surface area contributed by atoms with Crippen LogP contribution in [0.15, 0.2) is 12.2 Å². The molecule has 2 bridgehead atoms. The minimum atomic E-state index is -2.29. The van der Waals surface area contributed by atoms with Gasteiger partial charge in [0.25, 0.3) is 0 Å². The normalized spacial score (nSPS) is 45.1. The van der Waals surface area contributed by atoms with Crippen LogP contribution in [0, 0.1) is 28.1 Å². The summed E-state index contributed by atoms with van der Waals surface area (Å²) in [4.78, 5) is 14.3. The van der Waals surface area contributed by atoms with Crippen molar-refractivity contribution in [1.82, 2.24) is 0 Å². The van der Waals surface area contributed by atoms with Gasteiger partial charge in [-0.05, 0) is 93.5 Å². The molecular weight excluding hydrogens is 1340 g/mol. The highest BCUT2D eigenvalue weighted by molar-refractivity contribution is 7.60. The van der Waals surface area contributed by atoms with Crippen LogP contribution in [0.1, 0.15) is 85.0 Å². The summed E-state index contributed by atoms with van der Waals surface area (Å²) in [6, 6.07) is 0. The van der Waals surface area contributed by atoms with E-state index < -0.39 is 160 Å². The first-order valence-corrected chi connectivity index (χ1v) is 23.7. The van der Waals surface area contributed by atoms with E-state index in [0.29, 0.717) is 44.9 Å². The third-order valence-corrected chi connectivity index (χ3v) is 17.4. The fourth-order valence-corrected chi connectivity index (χ4v) is 13.8. The lowest BCUT2D eigenvalue weighted by molar-refractivity contribution is -0.424. The minimum Gasteiger partial charge on any atom is -0.435 e. The maximum absolute atomic E-state index is 14.3. The number of hydrogen-bond donors (Lipinski definition) is 13. The molecule has 13 N–H and O–H groups in total. The highest BCUT2D eigenvalue weighted by atomic mass is 32.1. The van der Waals surface area contributed by atoms with E-state index >= 15 is 0 Å². The summed E-state index contributed by atoms with van der Waals surface area (Å²) >= 11 is 0. The molecule has 22 nitrogen and oxygen atoms in total. The van der Waals surface area contributed by atoms with E-state index in [-0.39, 0.29) is 218 Å². The molecule has 496 valence electrons. The highest BCUT2D eigenvalue weighted by Crippen LogP contribution is 2.74. The van der Waals surface area contributed by atoms with Crippen LogP contribution in [0.3, 0.4) is 0 Å². The van der Waals surface area contributed by atoms with E-state index in [1.54, 1.807) is 0 Å². The zero-order valence-electron chi connectivity index (χ0n) is 45.1. The number of aliphatic hydroxyl groups excluding tert-OH is 13. The van der Waals surface area contributed by atoms with Crippen molar-refractivity contribution in [2.45, 2.75) is 207 Å². The molecule has 0 aromatic heterocycles. The molecule has 8 rings (SSSR count). The highest BCUT2D eigenvalue weighted by Gasteiger charge is 2.70. The van der Waals surface area contributed by atoms with Crippen molar-refractivity contribution in [3.05, 3.63) is 12.2 Å². The Bertz CT molecular complexity index is 1830. The Hall–Kier alpha value is 3.31. The van der Waals surface area contributed by atoms with Gasteiger partial charge in [-0.15, -0.1) is 0 Å². The molecule has 8 fully saturated rings. The molecule has 81 heavy (non-hydrogen) atoms. The fraction of sp³-hybridized carbons (Fsp3) is 0.933. The molecule has 4 heterocycles. The van der Waals surface area contributed by atoms with Crippen molar-refractivity contribution >= 4 is 195 Å². The molecule has 4 saturated carbocycles. The van der Waals surface area contributed by atoms with Gasteiger partial charge in [0, 0.05) is 6.42 Å². The topological polar surface area (TPSA) is 354 Å². The number of rotatable bonds is 12. The Labute approximate surface area is 572 Å². The summed E-state index contributed by atoms with van der Waals surface area (Å²) in [6.07, 6.45) is -23.9. The summed E-state index contributed by atoms with van der Waals surface area (Å²) in [5.41, 5.74) is -2.06. The number of fused-ring (bicyclic) bond motifs is 3. The van der Waals surface area contributed by atoms with E-state index in [0.717, 1.165) is 18.4 Å². The molecule has 4 saturated heterocycles. The van der Waals surface area contributed by atoms with Crippen LogP contribution in [-0.4, -0.2) is 221 Å². The van der Waals surface area contributed by atoms with Gasteiger partial charge in [0.05, 0.1) is 43.5 Å². The average molecular weight is 1440 g/mol. The van der Waals surface area contributed by atoms with Crippen LogP contribution in [0.5, 0.6) is 0 Å². The fourth-order valence-electron chi connectivity index (χ4n) is 13.8. The van der Waals surface area contributed by atoms with Crippen LogP contribution >= 0.6 is 189 Å². The van der Waals surface area contributed by atoms with Crippen molar-refractivity contribution in [2.24, 2.45) is 28.1 Å². The van der Waals surface area contributed by atoms with Crippen LogP contribution in [-0.2, 0) is 42.7 Å². The van der Waals surface area contributed by atoms with Gasteiger partial charge >= 0.3 is 5.97 Å². The molecule has 0 amide bonds. The third-order valence-electron chi connectivity index (χ3n) is 17.4. The van der Waals surface area contributed by atoms with Gasteiger partial charge in [-0.2, -0.15) is 189 Å². The lowest BCUT2D eigenvalue weighted by atomic mass is 9.41. The Balaban J connectivity index is -0.000000782. The van der Waals surface area contributed by atoms with Crippen molar-refractivity contribution in [2.75, 3.05) is 26.4 Å². The van der Waals surface area contributed by atoms with Gasteiger partial charge in [0.2, 0.25) is 6.29 Å². The Morgan fingerprint density at radius 2 is 1.06 bits per heavy atom. The van der Waals surface area contributed by atoms with Crippen LogP contribution in [0.25, 0.3) is 0 Å². The monoisotopic (exact) mass is 1440 g/mol. The second kappa shape index (κ2) is 38.4. The Morgan fingerprint density at radius 3 is 1.62 bits per heavy atom. The molecule has 0 radical (unpaired) electrons. The molecule has 25 atom stereocenters. The predicted octanol–water partition coefficient (Wildman–Crippen LogP) is -2.12. The van der Waals surface area contributed by atoms with Gasteiger partial charge in [-0.1, -0.05) is 19.9 Å². The minimum absolute atomic E-state index is 0. The number of carbonyl (C=O) groups excluding carboxylic acids is 1. The van der Waals surface area contributed by atoms with E-state index in [2.05, 4.69) is 13.5 Å². The lowest BCUT2D eigenvalue weighted by Gasteiger charge is -2.64. The Morgan fingerprint density at radius 1 is 0.556 bits per heavy atom.